The van der Waals surface area contributed by atoms with Gasteiger partial charge < -0.3 is 10.5 Å². The fourth-order valence-corrected chi connectivity index (χ4v) is 1.86. The number of hydrogen-bond donors (Lipinski definition) is 1. The monoisotopic (exact) mass is 241 g/mol. The molecule has 0 amide bonds. The van der Waals surface area contributed by atoms with E-state index in [0.29, 0.717) is 6.61 Å². The summed E-state index contributed by atoms with van der Waals surface area (Å²) in [5.41, 5.74) is 9.38. The van der Waals surface area contributed by atoms with Crippen LogP contribution in [-0.2, 0) is 6.61 Å². The molecule has 0 saturated carbocycles. The highest BCUT2D eigenvalue weighted by atomic mass is 16.5. The molecule has 1 atom stereocenters. The van der Waals surface area contributed by atoms with Crippen molar-refractivity contribution < 1.29 is 4.74 Å². The maximum Gasteiger partial charge on any atom is 0.120 e. The molecule has 0 aromatic heterocycles. The molecule has 0 aliphatic carbocycles. The number of rotatable bonds is 4. The van der Waals surface area contributed by atoms with E-state index < -0.39 is 0 Å². The van der Waals surface area contributed by atoms with Gasteiger partial charge in [-0.05, 0) is 37.1 Å². The van der Waals surface area contributed by atoms with Crippen LogP contribution >= 0.6 is 0 Å². The summed E-state index contributed by atoms with van der Waals surface area (Å²) in [4.78, 5) is 0. The minimum absolute atomic E-state index is 0.0347. The normalized spacial score (nSPS) is 12.2. The molecule has 0 heterocycles. The molecule has 2 rings (SSSR count). The first-order valence-electron chi connectivity index (χ1n) is 6.19. The quantitative estimate of drug-likeness (QED) is 0.887. The first-order valence-corrected chi connectivity index (χ1v) is 6.19. The second-order valence-corrected chi connectivity index (χ2v) is 4.64. The van der Waals surface area contributed by atoms with Gasteiger partial charge in [0.05, 0.1) is 0 Å². The summed E-state index contributed by atoms with van der Waals surface area (Å²) in [6.45, 7) is 4.64. The van der Waals surface area contributed by atoms with Crippen LogP contribution in [0.15, 0.2) is 48.5 Å². The van der Waals surface area contributed by atoms with Gasteiger partial charge in [0.1, 0.15) is 12.4 Å². The van der Waals surface area contributed by atoms with Crippen LogP contribution in [0, 0.1) is 6.92 Å². The van der Waals surface area contributed by atoms with Crippen molar-refractivity contribution in [3.8, 4) is 5.75 Å². The maximum absolute atomic E-state index is 5.85. The van der Waals surface area contributed by atoms with Crippen LogP contribution in [0.3, 0.4) is 0 Å². The van der Waals surface area contributed by atoms with Gasteiger partial charge in [0.15, 0.2) is 0 Å². The molecule has 0 unspecified atom stereocenters. The molecule has 0 saturated heterocycles. The molecular formula is C16H19NO. The van der Waals surface area contributed by atoms with E-state index in [1.807, 2.05) is 37.3 Å². The van der Waals surface area contributed by atoms with Crippen molar-refractivity contribution in [2.45, 2.75) is 26.5 Å². The molecular weight excluding hydrogens is 222 g/mol. The number of aryl methyl sites for hydroxylation is 1. The summed E-state index contributed by atoms with van der Waals surface area (Å²) in [6.07, 6.45) is 0. The van der Waals surface area contributed by atoms with Crippen LogP contribution in [0.5, 0.6) is 5.75 Å². The van der Waals surface area contributed by atoms with Crippen LogP contribution in [0.1, 0.15) is 29.7 Å². The highest BCUT2D eigenvalue weighted by Gasteiger charge is 2.01. The van der Waals surface area contributed by atoms with Gasteiger partial charge in [-0.25, -0.2) is 0 Å². The van der Waals surface area contributed by atoms with Gasteiger partial charge in [0.25, 0.3) is 0 Å². The molecule has 94 valence electrons. The topological polar surface area (TPSA) is 35.2 Å². The van der Waals surface area contributed by atoms with Crippen LogP contribution in [-0.4, -0.2) is 0 Å². The van der Waals surface area contributed by atoms with Gasteiger partial charge in [0.2, 0.25) is 0 Å². The number of hydrogen-bond acceptors (Lipinski definition) is 2. The Morgan fingerprint density at radius 3 is 2.61 bits per heavy atom. The van der Waals surface area contributed by atoms with Crippen LogP contribution in [0.25, 0.3) is 0 Å². The first kappa shape index (κ1) is 12.7. The van der Waals surface area contributed by atoms with Crippen molar-refractivity contribution in [3.05, 3.63) is 65.2 Å². The predicted molar refractivity (Wildman–Crippen MR) is 74.6 cm³/mol. The van der Waals surface area contributed by atoms with Crippen LogP contribution in [0.2, 0.25) is 0 Å². The minimum Gasteiger partial charge on any atom is -0.489 e. The van der Waals surface area contributed by atoms with E-state index in [-0.39, 0.29) is 6.04 Å². The Morgan fingerprint density at radius 1 is 1.11 bits per heavy atom. The summed E-state index contributed by atoms with van der Waals surface area (Å²) in [5, 5.41) is 0. The third-order valence-corrected chi connectivity index (χ3v) is 2.87. The van der Waals surface area contributed by atoms with E-state index in [9.17, 15) is 0 Å². The maximum atomic E-state index is 5.85. The van der Waals surface area contributed by atoms with Gasteiger partial charge in [-0.3, -0.25) is 0 Å². The fourth-order valence-electron chi connectivity index (χ4n) is 1.86. The fraction of sp³-hybridized carbons (Fsp3) is 0.250. The van der Waals surface area contributed by atoms with E-state index in [4.69, 9.17) is 10.5 Å². The zero-order valence-electron chi connectivity index (χ0n) is 10.9. The zero-order chi connectivity index (χ0) is 13.0. The Bertz CT molecular complexity index is 520. The van der Waals surface area contributed by atoms with Gasteiger partial charge in [-0.15, -0.1) is 0 Å². The van der Waals surface area contributed by atoms with E-state index in [1.165, 1.54) is 11.1 Å². The number of nitrogens with two attached hydrogens (primary N) is 1. The lowest BCUT2D eigenvalue weighted by Gasteiger charge is -2.10. The van der Waals surface area contributed by atoms with Crippen molar-refractivity contribution in [3.63, 3.8) is 0 Å². The highest BCUT2D eigenvalue weighted by molar-refractivity contribution is 5.30. The Morgan fingerprint density at radius 2 is 1.89 bits per heavy atom. The Balaban J connectivity index is 2.04. The molecule has 18 heavy (non-hydrogen) atoms. The molecule has 2 aromatic carbocycles. The second-order valence-electron chi connectivity index (χ2n) is 4.64. The zero-order valence-corrected chi connectivity index (χ0v) is 10.9. The number of benzene rings is 2. The summed E-state index contributed by atoms with van der Waals surface area (Å²) in [7, 11) is 0. The van der Waals surface area contributed by atoms with Crippen molar-refractivity contribution in [1.29, 1.82) is 0 Å². The van der Waals surface area contributed by atoms with Crippen molar-refractivity contribution in [2.75, 3.05) is 0 Å². The van der Waals surface area contributed by atoms with Gasteiger partial charge >= 0.3 is 0 Å². The molecule has 0 fully saturated rings. The molecule has 0 radical (unpaired) electrons. The largest absolute Gasteiger partial charge is 0.489 e. The Hall–Kier alpha value is -1.80. The van der Waals surface area contributed by atoms with Gasteiger partial charge in [-0.2, -0.15) is 0 Å². The molecule has 2 nitrogen and oxygen atoms in total. The second kappa shape index (κ2) is 5.69. The number of ether oxygens (including phenoxy) is 1. The molecule has 0 aliphatic heterocycles. The smallest absolute Gasteiger partial charge is 0.120 e. The van der Waals surface area contributed by atoms with Gasteiger partial charge in [0, 0.05) is 6.04 Å². The summed E-state index contributed by atoms with van der Waals surface area (Å²) >= 11 is 0. The van der Waals surface area contributed by atoms with Crippen LogP contribution in [0.4, 0.5) is 0 Å². The summed E-state index contributed by atoms with van der Waals surface area (Å²) in [5.74, 6) is 0.867. The standard InChI is InChI=1S/C16H19NO/c1-12-5-3-6-14(9-12)11-18-16-8-4-7-15(10-16)13(2)17/h3-10,13H,11,17H2,1-2H3/t13-/m1/s1. The third-order valence-electron chi connectivity index (χ3n) is 2.87. The Kier molecular flexibility index (Phi) is 4.00. The van der Waals surface area contributed by atoms with Crippen molar-refractivity contribution >= 4 is 0 Å². The van der Waals surface area contributed by atoms with Crippen molar-refractivity contribution in [2.24, 2.45) is 5.73 Å². The van der Waals surface area contributed by atoms with E-state index in [2.05, 4.69) is 25.1 Å². The summed E-state index contributed by atoms with van der Waals surface area (Å²) in [6, 6.07) is 16.3. The Labute approximate surface area is 108 Å². The first-order chi connectivity index (χ1) is 8.65. The molecule has 2 aromatic rings. The third kappa shape index (κ3) is 3.34. The highest BCUT2D eigenvalue weighted by Crippen LogP contribution is 2.18. The molecule has 0 aliphatic rings. The van der Waals surface area contributed by atoms with Crippen LogP contribution < -0.4 is 10.5 Å². The van der Waals surface area contributed by atoms with Gasteiger partial charge in [-0.1, -0.05) is 42.0 Å². The van der Waals surface area contributed by atoms with E-state index >= 15 is 0 Å². The lowest BCUT2D eigenvalue weighted by Crippen LogP contribution is -2.05. The predicted octanol–water partition coefficient (Wildman–Crippen LogP) is 3.59. The van der Waals surface area contributed by atoms with Crippen molar-refractivity contribution in [1.82, 2.24) is 0 Å². The lowest BCUT2D eigenvalue weighted by molar-refractivity contribution is 0.305. The lowest BCUT2D eigenvalue weighted by atomic mass is 10.1. The molecule has 2 heteroatoms. The average Bonchev–Trinajstić information content (AvgIpc) is 2.37. The molecule has 2 N–H and O–H groups in total. The minimum atomic E-state index is 0.0347. The van der Waals surface area contributed by atoms with E-state index in [0.717, 1.165) is 11.3 Å². The SMILES string of the molecule is Cc1cccc(COc2cccc([C@@H](C)N)c2)c1. The molecule has 0 spiro atoms. The summed E-state index contributed by atoms with van der Waals surface area (Å²) < 4.78 is 5.78. The van der Waals surface area contributed by atoms with E-state index in [1.54, 1.807) is 0 Å². The average molecular weight is 241 g/mol. The molecule has 0 bridgehead atoms.